The number of nitrogens with two attached hydrogens (primary N) is 1. The molecule has 1 aromatic carbocycles. The van der Waals surface area contributed by atoms with Gasteiger partial charge in [-0.25, -0.2) is 4.39 Å². The number of halogens is 2. The van der Waals surface area contributed by atoms with Crippen LogP contribution in [-0.4, -0.2) is 5.16 Å². The average molecular weight is 299 g/mol. The maximum absolute atomic E-state index is 13.4. The van der Waals surface area contributed by atoms with Crippen molar-refractivity contribution in [2.75, 3.05) is 0 Å². The summed E-state index contributed by atoms with van der Waals surface area (Å²) in [6.45, 7) is 1.96. The van der Waals surface area contributed by atoms with Gasteiger partial charge >= 0.3 is 0 Å². The van der Waals surface area contributed by atoms with Crippen LogP contribution in [0.5, 0.6) is 0 Å². The van der Waals surface area contributed by atoms with Gasteiger partial charge in [0.15, 0.2) is 5.76 Å². The van der Waals surface area contributed by atoms with E-state index in [1.54, 1.807) is 18.2 Å². The van der Waals surface area contributed by atoms with Crippen molar-refractivity contribution in [2.24, 2.45) is 5.73 Å². The van der Waals surface area contributed by atoms with Gasteiger partial charge in [-0.3, -0.25) is 0 Å². The summed E-state index contributed by atoms with van der Waals surface area (Å²) in [6.07, 6.45) is 0.767. The Morgan fingerprint density at radius 1 is 1.47 bits per heavy atom. The molecular formula is C12H12BrFN2O. The highest BCUT2D eigenvalue weighted by Gasteiger charge is 2.12. The van der Waals surface area contributed by atoms with Crippen LogP contribution < -0.4 is 5.73 Å². The third-order valence-electron chi connectivity index (χ3n) is 2.55. The smallest absolute Gasteiger partial charge is 0.154 e. The van der Waals surface area contributed by atoms with Crippen molar-refractivity contribution in [3.8, 4) is 11.3 Å². The highest BCUT2D eigenvalue weighted by Crippen LogP contribution is 2.26. The lowest BCUT2D eigenvalue weighted by molar-refractivity contribution is 0.360. The first kappa shape index (κ1) is 12.3. The van der Waals surface area contributed by atoms with Crippen molar-refractivity contribution < 1.29 is 8.91 Å². The molecule has 0 saturated carbocycles. The molecule has 0 aliphatic carbocycles. The highest BCUT2D eigenvalue weighted by molar-refractivity contribution is 9.10. The van der Waals surface area contributed by atoms with E-state index in [4.69, 9.17) is 10.3 Å². The minimum atomic E-state index is -0.327. The van der Waals surface area contributed by atoms with E-state index < -0.39 is 0 Å². The molecule has 1 aromatic heterocycles. The largest absolute Gasteiger partial charge is 0.359 e. The van der Waals surface area contributed by atoms with Crippen LogP contribution in [-0.2, 0) is 0 Å². The Balaban J connectivity index is 2.33. The lowest BCUT2D eigenvalue weighted by atomic mass is 10.1. The van der Waals surface area contributed by atoms with E-state index in [-0.39, 0.29) is 11.9 Å². The van der Waals surface area contributed by atoms with Crippen molar-refractivity contribution in [3.05, 3.63) is 40.3 Å². The zero-order valence-electron chi connectivity index (χ0n) is 9.28. The standard InChI is InChI=1S/C12H12BrFN2O/c1-2-10(15)12-6-11(16-17-12)7-3-4-8(13)9(14)5-7/h3-6,10H,2,15H2,1H3. The predicted molar refractivity (Wildman–Crippen MR) is 66.8 cm³/mol. The Labute approximate surface area is 107 Å². The van der Waals surface area contributed by atoms with Crippen LogP contribution in [0.3, 0.4) is 0 Å². The van der Waals surface area contributed by atoms with Crippen molar-refractivity contribution in [1.29, 1.82) is 0 Å². The predicted octanol–water partition coefficient (Wildman–Crippen LogP) is 3.65. The minimum absolute atomic E-state index is 0.170. The van der Waals surface area contributed by atoms with Crippen LogP contribution >= 0.6 is 15.9 Å². The van der Waals surface area contributed by atoms with Gasteiger partial charge in [-0.15, -0.1) is 0 Å². The summed E-state index contributed by atoms with van der Waals surface area (Å²) in [7, 11) is 0. The molecule has 0 bridgehead atoms. The SMILES string of the molecule is CCC(N)c1cc(-c2ccc(Br)c(F)c2)no1. The minimum Gasteiger partial charge on any atom is -0.359 e. The molecule has 3 nitrogen and oxygen atoms in total. The Hall–Kier alpha value is -1.20. The zero-order valence-corrected chi connectivity index (χ0v) is 10.9. The molecule has 0 spiro atoms. The molecular weight excluding hydrogens is 287 g/mol. The molecule has 5 heteroatoms. The normalized spacial score (nSPS) is 12.7. The lowest BCUT2D eigenvalue weighted by Crippen LogP contribution is -2.06. The van der Waals surface area contributed by atoms with Crippen molar-refractivity contribution in [1.82, 2.24) is 5.16 Å². The van der Waals surface area contributed by atoms with Gasteiger partial charge in [-0.2, -0.15) is 0 Å². The molecule has 0 saturated heterocycles. The average Bonchev–Trinajstić information content (AvgIpc) is 2.81. The van der Waals surface area contributed by atoms with Gasteiger partial charge < -0.3 is 10.3 Å². The molecule has 2 aromatic rings. The van der Waals surface area contributed by atoms with Crippen LogP contribution in [0.4, 0.5) is 4.39 Å². The van der Waals surface area contributed by atoms with E-state index in [0.717, 1.165) is 6.42 Å². The number of rotatable bonds is 3. The second-order valence-corrected chi connectivity index (χ2v) is 4.61. The zero-order chi connectivity index (χ0) is 12.4. The van der Waals surface area contributed by atoms with Crippen molar-refractivity contribution in [3.63, 3.8) is 0 Å². The van der Waals surface area contributed by atoms with Gasteiger partial charge in [0.25, 0.3) is 0 Å². The number of hydrogen-bond donors (Lipinski definition) is 1. The number of aromatic nitrogens is 1. The number of nitrogens with zero attached hydrogens (tertiary/aromatic N) is 1. The second kappa shape index (κ2) is 4.98. The molecule has 90 valence electrons. The molecule has 0 aliphatic rings. The van der Waals surface area contributed by atoms with Crippen LogP contribution in [0.25, 0.3) is 11.3 Å². The molecule has 0 aliphatic heterocycles. The first-order valence-electron chi connectivity index (χ1n) is 5.29. The fourth-order valence-corrected chi connectivity index (χ4v) is 1.70. The van der Waals surface area contributed by atoms with Gasteiger partial charge in [-0.05, 0) is 34.5 Å². The Bertz CT molecular complexity index is 527. The first-order valence-corrected chi connectivity index (χ1v) is 6.08. The second-order valence-electron chi connectivity index (χ2n) is 3.76. The van der Waals surface area contributed by atoms with Gasteiger partial charge in [0.2, 0.25) is 0 Å². The Kier molecular flexibility index (Phi) is 3.59. The first-order chi connectivity index (χ1) is 8.11. The van der Waals surface area contributed by atoms with E-state index in [9.17, 15) is 4.39 Å². The fourth-order valence-electron chi connectivity index (χ4n) is 1.46. The number of benzene rings is 1. The summed E-state index contributed by atoms with van der Waals surface area (Å²) in [4.78, 5) is 0. The van der Waals surface area contributed by atoms with Crippen LogP contribution in [0, 0.1) is 5.82 Å². The quantitative estimate of drug-likeness (QED) is 0.941. The summed E-state index contributed by atoms with van der Waals surface area (Å²) < 4.78 is 18.9. The highest BCUT2D eigenvalue weighted by atomic mass is 79.9. The monoisotopic (exact) mass is 298 g/mol. The van der Waals surface area contributed by atoms with E-state index in [1.807, 2.05) is 6.92 Å². The summed E-state index contributed by atoms with van der Waals surface area (Å²) in [5.41, 5.74) is 7.09. The summed E-state index contributed by atoms with van der Waals surface area (Å²) in [5, 5.41) is 3.89. The Morgan fingerprint density at radius 3 is 2.88 bits per heavy atom. The molecule has 0 fully saturated rings. The molecule has 2 rings (SSSR count). The van der Waals surface area contributed by atoms with E-state index in [2.05, 4.69) is 21.1 Å². The van der Waals surface area contributed by atoms with E-state index in [1.165, 1.54) is 6.07 Å². The third kappa shape index (κ3) is 2.56. The lowest BCUT2D eigenvalue weighted by Gasteiger charge is -2.00. The molecule has 17 heavy (non-hydrogen) atoms. The van der Waals surface area contributed by atoms with Crippen LogP contribution in [0.1, 0.15) is 25.1 Å². The molecule has 0 radical (unpaired) electrons. The van der Waals surface area contributed by atoms with Crippen molar-refractivity contribution in [2.45, 2.75) is 19.4 Å². The van der Waals surface area contributed by atoms with Gasteiger partial charge in [-0.1, -0.05) is 18.1 Å². The Morgan fingerprint density at radius 2 is 2.24 bits per heavy atom. The third-order valence-corrected chi connectivity index (χ3v) is 3.19. The fraction of sp³-hybridized carbons (Fsp3) is 0.250. The summed E-state index contributed by atoms with van der Waals surface area (Å²) >= 11 is 3.10. The topological polar surface area (TPSA) is 52.0 Å². The van der Waals surface area contributed by atoms with Crippen molar-refractivity contribution >= 4 is 15.9 Å². The maximum Gasteiger partial charge on any atom is 0.154 e. The molecule has 1 heterocycles. The van der Waals surface area contributed by atoms with E-state index >= 15 is 0 Å². The summed E-state index contributed by atoms with van der Waals surface area (Å²) in [6, 6.07) is 6.39. The van der Waals surface area contributed by atoms with Gasteiger partial charge in [0.05, 0.1) is 10.5 Å². The molecule has 1 atom stereocenters. The van der Waals surface area contributed by atoms with Crippen LogP contribution in [0.15, 0.2) is 33.3 Å². The molecule has 2 N–H and O–H groups in total. The van der Waals surface area contributed by atoms with Gasteiger partial charge in [0.1, 0.15) is 11.5 Å². The number of hydrogen-bond acceptors (Lipinski definition) is 3. The van der Waals surface area contributed by atoms with E-state index in [0.29, 0.717) is 21.5 Å². The summed E-state index contributed by atoms with van der Waals surface area (Å²) in [5.74, 6) is 0.290. The van der Waals surface area contributed by atoms with Gasteiger partial charge in [0, 0.05) is 11.6 Å². The molecule has 1 unspecified atom stereocenters. The maximum atomic E-state index is 13.4. The van der Waals surface area contributed by atoms with Crippen LogP contribution in [0.2, 0.25) is 0 Å². The molecule has 0 amide bonds.